The molecule has 0 spiro atoms. The van der Waals surface area contributed by atoms with Crippen LogP contribution in [0.25, 0.3) is 0 Å². The van der Waals surface area contributed by atoms with Crippen LogP contribution in [0.1, 0.15) is 44.3 Å². The first-order chi connectivity index (χ1) is 22.8. The van der Waals surface area contributed by atoms with Gasteiger partial charge in [0.1, 0.15) is 5.25 Å². The number of hydrogen-bond acceptors (Lipinski definition) is 10. The topological polar surface area (TPSA) is 207 Å². The maximum atomic E-state index is 13.9. The van der Waals surface area contributed by atoms with E-state index in [1.807, 2.05) is 0 Å². The Labute approximate surface area is 283 Å². The molecule has 3 N–H and O–H groups in total. The SMILES string of the molecule is Cc1ccc(S(=O)(=O)NC(=O)Nc2ccc(C(=O)OC(C(C)S(=O)(=O)c3cccc(C)c3)S(=O)(=O)c3cccc(C)c3)c(C(=O)O)c2)cc1. The molecule has 0 radical (unpaired) electrons. The molecule has 258 valence electrons. The number of carbonyl (C=O) groups excluding carboxylic acids is 2. The van der Waals surface area contributed by atoms with Crippen LogP contribution in [0.2, 0.25) is 0 Å². The van der Waals surface area contributed by atoms with Crippen molar-refractivity contribution in [3.8, 4) is 0 Å². The molecule has 0 fully saturated rings. The zero-order valence-electron chi connectivity index (χ0n) is 26.6. The lowest BCUT2D eigenvalue weighted by molar-refractivity contribution is 0.0434. The molecule has 0 aliphatic carbocycles. The molecule has 0 bridgehead atoms. The van der Waals surface area contributed by atoms with Gasteiger partial charge in [0.2, 0.25) is 15.3 Å². The Morgan fingerprint density at radius 1 is 0.653 bits per heavy atom. The largest absolute Gasteiger partial charge is 0.478 e. The Balaban J connectivity index is 1.68. The van der Waals surface area contributed by atoms with Crippen LogP contribution in [-0.4, -0.2) is 59.0 Å². The number of amides is 2. The molecule has 4 aromatic rings. The van der Waals surface area contributed by atoms with Crippen molar-refractivity contribution < 1.29 is 49.5 Å². The average molecular weight is 729 g/mol. The molecule has 49 heavy (non-hydrogen) atoms. The Morgan fingerprint density at radius 2 is 1.20 bits per heavy atom. The number of aromatic carboxylic acids is 1. The third kappa shape index (κ3) is 8.33. The molecule has 0 saturated heterocycles. The van der Waals surface area contributed by atoms with E-state index in [-0.39, 0.29) is 20.4 Å². The predicted octanol–water partition coefficient (Wildman–Crippen LogP) is 4.64. The van der Waals surface area contributed by atoms with Crippen LogP contribution in [0.4, 0.5) is 10.5 Å². The van der Waals surface area contributed by atoms with Crippen LogP contribution >= 0.6 is 0 Å². The van der Waals surface area contributed by atoms with Gasteiger partial charge in [0.15, 0.2) is 9.84 Å². The van der Waals surface area contributed by atoms with Crippen molar-refractivity contribution in [1.29, 1.82) is 0 Å². The van der Waals surface area contributed by atoms with Gasteiger partial charge in [-0.3, -0.25) is 0 Å². The zero-order chi connectivity index (χ0) is 36.3. The van der Waals surface area contributed by atoms with E-state index < -0.39 is 69.5 Å². The minimum absolute atomic E-state index is 0.202. The van der Waals surface area contributed by atoms with Crippen LogP contribution in [0.15, 0.2) is 106 Å². The normalized spacial score (nSPS) is 13.1. The molecule has 0 heterocycles. The van der Waals surface area contributed by atoms with Crippen molar-refractivity contribution in [3.63, 3.8) is 0 Å². The zero-order valence-corrected chi connectivity index (χ0v) is 29.0. The van der Waals surface area contributed by atoms with Gasteiger partial charge in [-0.2, -0.15) is 0 Å². The van der Waals surface area contributed by atoms with Gasteiger partial charge in [-0.05, 0) is 93.4 Å². The van der Waals surface area contributed by atoms with Crippen molar-refractivity contribution in [2.24, 2.45) is 0 Å². The highest BCUT2D eigenvalue weighted by Gasteiger charge is 2.43. The minimum atomic E-state index is -4.72. The number of anilines is 1. The van der Waals surface area contributed by atoms with Crippen LogP contribution < -0.4 is 10.0 Å². The third-order valence-corrected chi connectivity index (χ3v) is 13.0. The van der Waals surface area contributed by atoms with Gasteiger partial charge < -0.3 is 15.2 Å². The summed E-state index contributed by atoms with van der Waals surface area (Å²) < 4.78 is 87.5. The summed E-state index contributed by atoms with van der Waals surface area (Å²) in [6.07, 6.45) is 0. The first-order valence-corrected chi connectivity index (χ1v) is 19.0. The lowest BCUT2D eigenvalue weighted by Crippen LogP contribution is -2.41. The first kappa shape index (κ1) is 36.8. The number of hydrogen-bond donors (Lipinski definition) is 3. The number of benzene rings is 4. The molecule has 16 heteroatoms. The second-order valence-corrected chi connectivity index (χ2v) is 17.2. The van der Waals surface area contributed by atoms with Crippen molar-refractivity contribution >= 4 is 53.4 Å². The second-order valence-electron chi connectivity index (χ2n) is 11.1. The molecular weight excluding hydrogens is 697 g/mol. The maximum Gasteiger partial charge on any atom is 0.340 e. The number of esters is 1. The number of sulfonamides is 1. The number of carbonyl (C=O) groups is 3. The summed E-state index contributed by atoms with van der Waals surface area (Å²) in [5, 5.41) is 10.2. The predicted molar refractivity (Wildman–Crippen MR) is 179 cm³/mol. The second kappa shape index (κ2) is 14.2. The molecule has 2 atom stereocenters. The van der Waals surface area contributed by atoms with Gasteiger partial charge in [0, 0.05) is 5.69 Å². The highest BCUT2D eigenvalue weighted by atomic mass is 32.2. The molecule has 4 rings (SSSR count). The summed E-state index contributed by atoms with van der Waals surface area (Å²) in [6, 6.07) is 18.4. The first-order valence-electron chi connectivity index (χ1n) is 14.4. The van der Waals surface area contributed by atoms with E-state index in [2.05, 4.69) is 5.32 Å². The van der Waals surface area contributed by atoms with Crippen molar-refractivity contribution in [2.75, 3.05) is 5.32 Å². The summed E-state index contributed by atoms with van der Waals surface area (Å²) in [5.74, 6) is -3.18. The lowest BCUT2D eigenvalue weighted by Gasteiger charge is -2.25. The number of rotatable bonds is 11. The average Bonchev–Trinajstić information content (AvgIpc) is 3.03. The molecule has 2 amide bonds. The molecule has 0 aliphatic heterocycles. The Hall–Kier alpha value is -5.06. The van der Waals surface area contributed by atoms with Crippen molar-refractivity contribution in [1.82, 2.24) is 4.72 Å². The number of aryl methyl sites for hydroxylation is 3. The highest BCUT2D eigenvalue weighted by molar-refractivity contribution is 7.96. The van der Waals surface area contributed by atoms with E-state index in [0.717, 1.165) is 30.7 Å². The van der Waals surface area contributed by atoms with E-state index in [9.17, 15) is 44.7 Å². The standard InChI is InChI=1S/C33H32N2O11S3/c1-20-11-14-25(15-12-20)49(44,45)35-33(39)34-24-13-16-28(29(19-24)30(36)37)31(38)46-32(48(42,43)27-10-6-8-22(3)18-27)23(4)47(40,41)26-9-5-7-21(2)17-26/h5-19,23,32H,1-4H3,(H,36,37)(H2,34,35,39). The van der Waals surface area contributed by atoms with Crippen LogP contribution in [0.3, 0.4) is 0 Å². The number of urea groups is 1. The number of carboxylic acid groups (broad SMARTS) is 1. The fourth-order valence-electron chi connectivity index (χ4n) is 4.69. The van der Waals surface area contributed by atoms with E-state index in [0.29, 0.717) is 11.1 Å². The summed E-state index contributed by atoms with van der Waals surface area (Å²) in [7, 11) is -13.5. The minimum Gasteiger partial charge on any atom is -0.478 e. The van der Waals surface area contributed by atoms with E-state index in [1.54, 1.807) is 37.6 Å². The Kier molecular flexibility index (Phi) is 10.7. The summed E-state index contributed by atoms with van der Waals surface area (Å²) in [6.45, 7) is 6.06. The molecule has 13 nitrogen and oxygen atoms in total. The summed E-state index contributed by atoms with van der Waals surface area (Å²) in [4.78, 5) is 37.5. The molecular formula is C33H32N2O11S3. The van der Waals surface area contributed by atoms with Crippen LogP contribution in [-0.2, 0) is 34.4 Å². The molecule has 2 unspecified atom stereocenters. The van der Waals surface area contributed by atoms with Crippen LogP contribution in [0.5, 0.6) is 0 Å². The number of sulfone groups is 2. The molecule has 0 saturated carbocycles. The monoisotopic (exact) mass is 728 g/mol. The van der Waals surface area contributed by atoms with Crippen molar-refractivity contribution in [3.05, 3.63) is 119 Å². The van der Waals surface area contributed by atoms with Gasteiger partial charge >= 0.3 is 18.0 Å². The number of carboxylic acids is 1. The Bertz CT molecular complexity index is 2270. The van der Waals surface area contributed by atoms with Gasteiger partial charge in [0.05, 0.1) is 25.8 Å². The van der Waals surface area contributed by atoms with E-state index in [4.69, 9.17) is 4.74 Å². The highest BCUT2D eigenvalue weighted by Crippen LogP contribution is 2.29. The number of nitrogens with one attached hydrogen (secondary N) is 2. The van der Waals surface area contributed by atoms with Crippen LogP contribution in [0, 0.1) is 20.8 Å². The fourth-order valence-corrected chi connectivity index (χ4v) is 9.48. The number of ether oxygens (including phenoxy) is 1. The van der Waals surface area contributed by atoms with Gasteiger partial charge in [-0.25, -0.2) is 44.4 Å². The third-order valence-electron chi connectivity index (χ3n) is 7.32. The van der Waals surface area contributed by atoms with Gasteiger partial charge in [0.25, 0.3) is 10.0 Å². The molecule has 0 aromatic heterocycles. The Morgan fingerprint density at radius 3 is 1.73 bits per heavy atom. The fraction of sp³-hybridized carbons (Fsp3) is 0.182. The molecule has 0 aliphatic rings. The summed E-state index contributed by atoms with van der Waals surface area (Å²) in [5.41, 5.74) is -2.13. The maximum absolute atomic E-state index is 13.9. The van der Waals surface area contributed by atoms with Gasteiger partial charge in [-0.1, -0.05) is 42.0 Å². The van der Waals surface area contributed by atoms with Gasteiger partial charge in [-0.15, -0.1) is 0 Å². The van der Waals surface area contributed by atoms with Crippen molar-refractivity contribution in [2.45, 2.75) is 53.1 Å². The quantitative estimate of drug-likeness (QED) is 0.181. The lowest BCUT2D eigenvalue weighted by atomic mass is 10.1. The van der Waals surface area contributed by atoms with E-state index in [1.165, 1.54) is 60.7 Å². The smallest absolute Gasteiger partial charge is 0.340 e. The summed E-state index contributed by atoms with van der Waals surface area (Å²) >= 11 is 0. The molecule has 4 aromatic carbocycles. The van der Waals surface area contributed by atoms with E-state index >= 15 is 0 Å².